The van der Waals surface area contributed by atoms with E-state index in [0.29, 0.717) is 11.7 Å². The van der Waals surface area contributed by atoms with Crippen molar-refractivity contribution < 1.29 is 19.8 Å². The topological polar surface area (TPSA) is 131 Å². The van der Waals surface area contributed by atoms with Crippen LogP contribution in [-0.4, -0.2) is 48.2 Å². The summed E-state index contributed by atoms with van der Waals surface area (Å²) in [7, 11) is 0. The molecule has 0 aliphatic rings. The molecule has 2 aromatic rings. The lowest BCUT2D eigenvalue weighted by Gasteiger charge is -2.14. The van der Waals surface area contributed by atoms with Gasteiger partial charge in [0.05, 0.1) is 6.54 Å². The number of hydrogen-bond acceptors (Lipinski definition) is 6. The van der Waals surface area contributed by atoms with E-state index in [0.717, 1.165) is 17.3 Å². The summed E-state index contributed by atoms with van der Waals surface area (Å²) in [6, 6.07) is 8.33. The number of nitrogens with two attached hydrogens (primary N) is 1. The molecule has 0 aliphatic carbocycles. The van der Waals surface area contributed by atoms with E-state index in [4.69, 9.17) is 10.8 Å². The van der Waals surface area contributed by atoms with Crippen LogP contribution in [0.4, 0.5) is 0 Å². The number of aromatic nitrogens is 3. The number of carboxylic acids is 2. The number of hydrogen-bond donors (Lipinski definition) is 3. The monoisotopic (exact) mass is 336 g/mol. The van der Waals surface area contributed by atoms with Crippen LogP contribution >= 0.6 is 11.8 Å². The predicted octanol–water partition coefficient (Wildman–Crippen LogP) is 0.674. The normalized spacial score (nSPS) is 13.4. The number of benzene rings is 1. The van der Waals surface area contributed by atoms with Crippen molar-refractivity contribution in [3.05, 3.63) is 42.2 Å². The van der Waals surface area contributed by atoms with Crippen LogP contribution in [-0.2, 0) is 16.1 Å². The van der Waals surface area contributed by atoms with Gasteiger partial charge in [-0.2, -0.15) is 0 Å². The van der Waals surface area contributed by atoms with Crippen LogP contribution in [0.1, 0.15) is 12.0 Å². The highest BCUT2D eigenvalue weighted by molar-refractivity contribution is 8.00. The molecule has 23 heavy (non-hydrogen) atoms. The predicted molar refractivity (Wildman–Crippen MR) is 83.1 cm³/mol. The zero-order valence-electron chi connectivity index (χ0n) is 12.1. The molecule has 9 heteroatoms. The Labute approximate surface area is 136 Å². The van der Waals surface area contributed by atoms with Gasteiger partial charge in [-0.25, -0.2) is 0 Å². The number of aliphatic carboxylic acids is 2. The van der Waals surface area contributed by atoms with Crippen molar-refractivity contribution in [2.24, 2.45) is 5.73 Å². The minimum atomic E-state index is -1.24. The second-order valence-corrected chi connectivity index (χ2v) is 6.02. The molecule has 0 saturated heterocycles. The van der Waals surface area contributed by atoms with Gasteiger partial charge in [0.25, 0.3) is 0 Å². The molecule has 1 aromatic carbocycles. The molecule has 122 valence electrons. The van der Waals surface area contributed by atoms with Crippen molar-refractivity contribution in [1.82, 2.24) is 14.8 Å². The first kappa shape index (κ1) is 17.0. The van der Waals surface area contributed by atoms with Crippen molar-refractivity contribution in [2.75, 3.05) is 0 Å². The minimum Gasteiger partial charge on any atom is -0.480 e. The smallest absolute Gasteiger partial charge is 0.320 e. The summed E-state index contributed by atoms with van der Waals surface area (Å²) in [5.41, 5.74) is 6.44. The van der Waals surface area contributed by atoms with E-state index in [1.807, 2.05) is 30.3 Å². The molecule has 1 aromatic heterocycles. The summed E-state index contributed by atoms with van der Waals surface area (Å²) >= 11 is 0.942. The van der Waals surface area contributed by atoms with Crippen molar-refractivity contribution in [3.8, 4) is 0 Å². The second kappa shape index (κ2) is 7.75. The molecular formula is C14H16N4O4S. The summed E-state index contributed by atoms with van der Waals surface area (Å²) in [5, 5.41) is 25.2. The third-order valence-electron chi connectivity index (χ3n) is 3.08. The number of rotatable bonds is 8. The van der Waals surface area contributed by atoms with Crippen molar-refractivity contribution in [2.45, 2.75) is 29.4 Å². The van der Waals surface area contributed by atoms with Gasteiger partial charge < -0.3 is 20.5 Å². The summed E-state index contributed by atoms with van der Waals surface area (Å²) < 4.78 is 1.71. The molecule has 1 heterocycles. The summed E-state index contributed by atoms with van der Waals surface area (Å²) in [4.78, 5) is 22.1. The fourth-order valence-electron chi connectivity index (χ4n) is 1.88. The van der Waals surface area contributed by atoms with Gasteiger partial charge in [0.1, 0.15) is 17.6 Å². The largest absolute Gasteiger partial charge is 0.480 e. The molecular weight excluding hydrogens is 320 g/mol. The SMILES string of the molecule is N[C@@H](CC(Sc1nncn1Cc1ccccc1)C(=O)O)C(=O)O. The lowest BCUT2D eigenvalue weighted by molar-refractivity contribution is -0.139. The van der Waals surface area contributed by atoms with Gasteiger partial charge in [0, 0.05) is 0 Å². The molecule has 1 unspecified atom stereocenters. The van der Waals surface area contributed by atoms with Crippen LogP contribution < -0.4 is 5.73 Å². The quantitative estimate of drug-likeness (QED) is 0.600. The van der Waals surface area contributed by atoms with Crippen molar-refractivity contribution >= 4 is 23.7 Å². The molecule has 0 saturated carbocycles. The minimum absolute atomic E-state index is 0.201. The molecule has 2 rings (SSSR count). The van der Waals surface area contributed by atoms with Crippen molar-refractivity contribution in [3.63, 3.8) is 0 Å². The molecule has 0 amide bonds. The lowest BCUT2D eigenvalue weighted by Crippen LogP contribution is -2.35. The standard InChI is InChI=1S/C14H16N4O4S/c15-10(12(19)20)6-11(13(21)22)23-14-17-16-8-18(14)7-9-4-2-1-3-5-9/h1-5,8,10-11H,6-7,15H2,(H,19,20)(H,21,22)/t10-,11?/m0/s1. The zero-order valence-corrected chi connectivity index (χ0v) is 12.9. The lowest BCUT2D eigenvalue weighted by atomic mass is 10.2. The van der Waals surface area contributed by atoms with E-state index in [1.165, 1.54) is 6.33 Å². The Morgan fingerprint density at radius 1 is 1.22 bits per heavy atom. The number of nitrogens with zero attached hydrogens (tertiary/aromatic N) is 3. The molecule has 0 aliphatic heterocycles. The van der Waals surface area contributed by atoms with Crippen LogP contribution in [0, 0.1) is 0 Å². The molecule has 0 spiro atoms. The van der Waals surface area contributed by atoms with Gasteiger partial charge in [-0.1, -0.05) is 42.1 Å². The van der Waals surface area contributed by atoms with E-state index in [1.54, 1.807) is 4.57 Å². The Kier molecular flexibility index (Phi) is 5.72. The maximum atomic E-state index is 11.3. The molecule has 0 bridgehead atoms. The van der Waals surface area contributed by atoms with Gasteiger partial charge in [0.2, 0.25) is 0 Å². The van der Waals surface area contributed by atoms with E-state index >= 15 is 0 Å². The Morgan fingerprint density at radius 3 is 2.52 bits per heavy atom. The Hall–Kier alpha value is -2.39. The fraction of sp³-hybridized carbons (Fsp3) is 0.286. The van der Waals surface area contributed by atoms with Crippen LogP contribution in [0.15, 0.2) is 41.8 Å². The molecule has 2 atom stereocenters. The molecule has 8 nitrogen and oxygen atoms in total. The van der Waals surface area contributed by atoms with Crippen LogP contribution in [0.25, 0.3) is 0 Å². The Morgan fingerprint density at radius 2 is 1.91 bits per heavy atom. The molecule has 4 N–H and O–H groups in total. The van der Waals surface area contributed by atoms with E-state index < -0.39 is 23.2 Å². The molecule has 0 radical (unpaired) electrons. The summed E-state index contributed by atoms with van der Waals surface area (Å²) in [6.07, 6.45) is 1.30. The van der Waals surface area contributed by atoms with Crippen LogP contribution in [0.3, 0.4) is 0 Å². The first-order valence-electron chi connectivity index (χ1n) is 6.77. The number of thioether (sulfide) groups is 1. The maximum absolute atomic E-state index is 11.3. The highest BCUT2D eigenvalue weighted by atomic mass is 32.2. The number of carbonyl (C=O) groups is 2. The summed E-state index contributed by atoms with van der Waals surface area (Å²) in [5.74, 6) is -2.37. The zero-order chi connectivity index (χ0) is 16.8. The maximum Gasteiger partial charge on any atom is 0.320 e. The average molecular weight is 336 g/mol. The highest BCUT2D eigenvalue weighted by Crippen LogP contribution is 2.25. The highest BCUT2D eigenvalue weighted by Gasteiger charge is 2.27. The first-order chi connectivity index (χ1) is 11.0. The average Bonchev–Trinajstić information content (AvgIpc) is 2.94. The van der Waals surface area contributed by atoms with Crippen LogP contribution in [0.2, 0.25) is 0 Å². The van der Waals surface area contributed by atoms with Gasteiger partial charge in [-0.3, -0.25) is 9.59 Å². The third kappa shape index (κ3) is 4.80. The fourth-order valence-corrected chi connectivity index (χ4v) is 2.88. The first-order valence-corrected chi connectivity index (χ1v) is 7.65. The van der Waals surface area contributed by atoms with Gasteiger partial charge in [-0.05, 0) is 12.0 Å². The van der Waals surface area contributed by atoms with Crippen LogP contribution in [0.5, 0.6) is 0 Å². The third-order valence-corrected chi connectivity index (χ3v) is 4.29. The van der Waals surface area contributed by atoms with Gasteiger partial charge >= 0.3 is 11.9 Å². The summed E-state index contributed by atoms with van der Waals surface area (Å²) in [6.45, 7) is 0.494. The van der Waals surface area contributed by atoms with Gasteiger partial charge in [-0.15, -0.1) is 10.2 Å². The number of carboxylic acid groups (broad SMARTS) is 2. The molecule has 0 fully saturated rings. The van der Waals surface area contributed by atoms with Crippen molar-refractivity contribution in [1.29, 1.82) is 0 Å². The van der Waals surface area contributed by atoms with Gasteiger partial charge in [0.15, 0.2) is 5.16 Å². The van der Waals surface area contributed by atoms with E-state index in [-0.39, 0.29) is 6.42 Å². The van der Waals surface area contributed by atoms with E-state index in [9.17, 15) is 14.7 Å². The Balaban J connectivity index is 2.10. The van der Waals surface area contributed by atoms with E-state index in [2.05, 4.69) is 10.2 Å². The second-order valence-electron chi connectivity index (χ2n) is 4.85. The Bertz CT molecular complexity index is 676.